The summed E-state index contributed by atoms with van der Waals surface area (Å²) in [7, 11) is 0. The van der Waals surface area contributed by atoms with Crippen molar-refractivity contribution in [3.63, 3.8) is 0 Å². The molecule has 2 rings (SSSR count). The first kappa shape index (κ1) is 12.7. The molecule has 1 aliphatic heterocycles. The van der Waals surface area contributed by atoms with Crippen LogP contribution in [0.1, 0.15) is 33.1 Å². The molecule has 0 spiro atoms. The van der Waals surface area contributed by atoms with E-state index in [0.717, 1.165) is 6.42 Å². The molecule has 0 aromatic rings. The molecule has 0 aromatic heterocycles. The van der Waals surface area contributed by atoms with E-state index in [1.165, 1.54) is 0 Å². The van der Waals surface area contributed by atoms with Crippen LogP contribution in [0.2, 0.25) is 0 Å². The number of hydrogen-bond donors (Lipinski definition) is 0. The molecule has 0 N–H and O–H groups in total. The van der Waals surface area contributed by atoms with Gasteiger partial charge in [0.1, 0.15) is 6.73 Å². The summed E-state index contributed by atoms with van der Waals surface area (Å²) in [6.07, 6.45) is 0.163. The molecule has 2 aliphatic rings. The van der Waals surface area contributed by atoms with Crippen LogP contribution in [0.3, 0.4) is 0 Å². The fourth-order valence-corrected chi connectivity index (χ4v) is 2.75. The molecule has 0 unspecified atom stereocenters. The Morgan fingerprint density at radius 3 is 2.41 bits per heavy atom. The zero-order valence-electron chi connectivity index (χ0n) is 10.3. The molecule has 0 atom stereocenters. The SMILES string of the molecule is CC(C)C1(C(=O)N2CCCOC2)CC(F)(F)C1. The third kappa shape index (κ3) is 2.17. The molecular weight excluding hydrogens is 228 g/mol. The smallest absolute Gasteiger partial charge is 0.250 e. The standard InChI is InChI=1S/C12H19F2NO2/c1-9(2)11(6-12(13,14)7-11)10(16)15-4-3-5-17-8-15/h9H,3-8H2,1-2H3. The van der Waals surface area contributed by atoms with Gasteiger partial charge in [-0.2, -0.15) is 0 Å². The topological polar surface area (TPSA) is 29.5 Å². The molecule has 1 amide bonds. The lowest BCUT2D eigenvalue weighted by Gasteiger charge is -2.51. The van der Waals surface area contributed by atoms with Crippen molar-refractivity contribution in [2.75, 3.05) is 19.9 Å². The van der Waals surface area contributed by atoms with Gasteiger partial charge in [0.15, 0.2) is 0 Å². The van der Waals surface area contributed by atoms with Crippen LogP contribution in [0.4, 0.5) is 8.78 Å². The maximum absolute atomic E-state index is 13.1. The lowest BCUT2D eigenvalue weighted by Crippen LogP contribution is -2.59. The number of amides is 1. The van der Waals surface area contributed by atoms with Crippen molar-refractivity contribution in [2.45, 2.75) is 39.0 Å². The van der Waals surface area contributed by atoms with Crippen molar-refractivity contribution in [1.82, 2.24) is 4.90 Å². The van der Waals surface area contributed by atoms with Gasteiger partial charge in [0.05, 0.1) is 12.0 Å². The van der Waals surface area contributed by atoms with Crippen molar-refractivity contribution in [2.24, 2.45) is 11.3 Å². The normalized spacial score (nSPS) is 26.8. The monoisotopic (exact) mass is 247 g/mol. The number of ether oxygens (including phenoxy) is 1. The molecule has 1 aliphatic carbocycles. The Hall–Kier alpha value is -0.710. The van der Waals surface area contributed by atoms with Gasteiger partial charge < -0.3 is 9.64 Å². The number of carbonyl (C=O) groups is 1. The van der Waals surface area contributed by atoms with Gasteiger partial charge in [-0.3, -0.25) is 4.79 Å². The maximum Gasteiger partial charge on any atom is 0.250 e. The number of carbonyl (C=O) groups excluding carboxylic acids is 1. The van der Waals surface area contributed by atoms with E-state index in [1.54, 1.807) is 4.90 Å². The van der Waals surface area contributed by atoms with Crippen molar-refractivity contribution in [3.8, 4) is 0 Å². The van der Waals surface area contributed by atoms with Crippen LogP contribution in [-0.4, -0.2) is 36.6 Å². The summed E-state index contributed by atoms with van der Waals surface area (Å²) in [4.78, 5) is 13.9. The van der Waals surface area contributed by atoms with Gasteiger partial charge >= 0.3 is 0 Å². The highest BCUT2D eigenvalue weighted by Crippen LogP contribution is 2.57. The van der Waals surface area contributed by atoms with E-state index in [4.69, 9.17) is 4.74 Å². The molecule has 0 aromatic carbocycles. The van der Waals surface area contributed by atoms with E-state index in [-0.39, 0.29) is 31.4 Å². The third-order valence-electron chi connectivity index (χ3n) is 3.93. The summed E-state index contributed by atoms with van der Waals surface area (Å²) in [5, 5.41) is 0. The molecule has 1 saturated carbocycles. The number of rotatable bonds is 2. The van der Waals surface area contributed by atoms with Gasteiger partial charge in [-0.1, -0.05) is 13.8 Å². The molecule has 98 valence electrons. The first-order valence-electron chi connectivity index (χ1n) is 6.12. The zero-order chi connectivity index (χ0) is 12.7. The lowest BCUT2D eigenvalue weighted by atomic mass is 9.59. The number of alkyl halides is 2. The number of halogens is 2. The molecule has 0 radical (unpaired) electrons. The van der Waals surface area contributed by atoms with Gasteiger partial charge in [0, 0.05) is 19.4 Å². The summed E-state index contributed by atoms with van der Waals surface area (Å²) in [6, 6.07) is 0. The quantitative estimate of drug-likeness (QED) is 0.749. The largest absolute Gasteiger partial charge is 0.361 e. The Morgan fingerprint density at radius 1 is 1.35 bits per heavy atom. The first-order valence-corrected chi connectivity index (χ1v) is 6.12. The summed E-state index contributed by atoms with van der Waals surface area (Å²) >= 11 is 0. The highest BCUT2D eigenvalue weighted by Gasteiger charge is 2.62. The summed E-state index contributed by atoms with van der Waals surface area (Å²) in [6.45, 7) is 5.21. The predicted molar refractivity (Wildman–Crippen MR) is 58.6 cm³/mol. The van der Waals surface area contributed by atoms with E-state index in [0.29, 0.717) is 13.2 Å². The van der Waals surface area contributed by atoms with Gasteiger partial charge in [-0.05, 0) is 12.3 Å². The molecular formula is C12H19F2NO2. The Bertz CT molecular complexity index is 304. The number of hydrogen-bond acceptors (Lipinski definition) is 2. The van der Waals surface area contributed by atoms with Gasteiger partial charge in [-0.25, -0.2) is 8.78 Å². The minimum Gasteiger partial charge on any atom is -0.361 e. The first-order chi connectivity index (χ1) is 7.87. The summed E-state index contributed by atoms with van der Waals surface area (Å²) in [5.74, 6) is -2.88. The Kier molecular flexibility index (Phi) is 3.14. The fraction of sp³-hybridized carbons (Fsp3) is 0.917. The Labute approximate surface area is 100 Å². The Morgan fingerprint density at radius 2 is 2.00 bits per heavy atom. The molecule has 5 heteroatoms. The third-order valence-corrected chi connectivity index (χ3v) is 3.93. The molecule has 1 saturated heterocycles. The van der Waals surface area contributed by atoms with Crippen molar-refractivity contribution >= 4 is 5.91 Å². The second kappa shape index (κ2) is 4.19. The van der Waals surface area contributed by atoms with Gasteiger partial charge in [0.2, 0.25) is 11.8 Å². The zero-order valence-corrected chi connectivity index (χ0v) is 10.3. The van der Waals surface area contributed by atoms with Crippen molar-refractivity contribution in [3.05, 3.63) is 0 Å². The van der Waals surface area contributed by atoms with E-state index in [9.17, 15) is 13.6 Å². The van der Waals surface area contributed by atoms with Crippen LogP contribution < -0.4 is 0 Å². The van der Waals surface area contributed by atoms with Crippen LogP contribution in [0.25, 0.3) is 0 Å². The molecule has 1 heterocycles. The Balaban J connectivity index is 2.09. The average molecular weight is 247 g/mol. The number of nitrogens with zero attached hydrogens (tertiary/aromatic N) is 1. The molecule has 17 heavy (non-hydrogen) atoms. The minimum absolute atomic E-state index is 0.0587. The molecule has 2 fully saturated rings. The predicted octanol–water partition coefficient (Wildman–Crippen LogP) is 2.26. The maximum atomic E-state index is 13.1. The van der Waals surface area contributed by atoms with Crippen LogP contribution in [-0.2, 0) is 9.53 Å². The second-order valence-corrected chi connectivity index (χ2v) is 5.48. The minimum atomic E-state index is -2.67. The highest BCUT2D eigenvalue weighted by molar-refractivity contribution is 5.84. The fourth-order valence-electron chi connectivity index (χ4n) is 2.75. The molecule has 0 bridgehead atoms. The van der Waals surface area contributed by atoms with E-state index in [1.807, 2.05) is 13.8 Å². The van der Waals surface area contributed by atoms with E-state index in [2.05, 4.69) is 0 Å². The van der Waals surface area contributed by atoms with E-state index < -0.39 is 11.3 Å². The van der Waals surface area contributed by atoms with E-state index >= 15 is 0 Å². The van der Waals surface area contributed by atoms with Crippen LogP contribution in [0.15, 0.2) is 0 Å². The van der Waals surface area contributed by atoms with Gasteiger partial charge in [0.25, 0.3) is 0 Å². The van der Waals surface area contributed by atoms with Crippen LogP contribution >= 0.6 is 0 Å². The van der Waals surface area contributed by atoms with Crippen LogP contribution in [0.5, 0.6) is 0 Å². The van der Waals surface area contributed by atoms with Crippen molar-refractivity contribution in [1.29, 1.82) is 0 Å². The summed E-state index contributed by atoms with van der Waals surface area (Å²) < 4.78 is 31.5. The molecule has 3 nitrogen and oxygen atoms in total. The van der Waals surface area contributed by atoms with Gasteiger partial charge in [-0.15, -0.1) is 0 Å². The highest BCUT2D eigenvalue weighted by atomic mass is 19.3. The average Bonchev–Trinajstić information content (AvgIpc) is 2.25. The van der Waals surface area contributed by atoms with Crippen molar-refractivity contribution < 1.29 is 18.3 Å². The second-order valence-electron chi connectivity index (χ2n) is 5.48. The lowest BCUT2D eigenvalue weighted by molar-refractivity contribution is -0.203. The van der Waals surface area contributed by atoms with Crippen LogP contribution in [0, 0.1) is 11.3 Å². The summed E-state index contributed by atoms with van der Waals surface area (Å²) in [5.41, 5.74) is -0.871.